The molecular formula is C4H3N2Y-. The van der Waals surface area contributed by atoms with E-state index in [2.05, 4.69) is 16.0 Å². The average Bonchev–Trinajstić information content (AvgIpc) is 1.72. The van der Waals surface area contributed by atoms with Crippen molar-refractivity contribution in [3.05, 3.63) is 24.8 Å². The molecule has 0 N–H and O–H groups in total. The molecule has 0 aromatic carbocycles. The Labute approximate surface area is 67.3 Å². The van der Waals surface area contributed by atoms with Gasteiger partial charge in [-0.25, -0.2) is 0 Å². The van der Waals surface area contributed by atoms with Crippen molar-refractivity contribution < 1.29 is 32.7 Å². The first-order valence-electron chi connectivity index (χ1n) is 1.61. The van der Waals surface area contributed by atoms with Crippen molar-refractivity contribution in [2.75, 3.05) is 0 Å². The van der Waals surface area contributed by atoms with Crippen LogP contribution < -0.4 is 0 Å². The van der Waals surface area contributed by atoms with Gasteiger partial charge in [0, 0.05) is 32.7 Å². The Kier molecular flexibility index (Phi) is 4.46. The fraction of sp³-hybridized carbons (Fsp3) is 0. The van der Waals surface area contributed by atoms with Gasteiger partial charge in [-0.1, -0.05) is 0 Å². The van der Waals surface area contributed by atoms with Gasteiger partial charge in [0.1, 0.15) is 6.33 Å². The Hall–Kier alpha value is 0.184. The molecule has 1 aromatic rings. The predicted molar refractivity (Wildman–Crippen MR) is 20.9 cm³/mol. The van der Waals surface area contributed by atoms with Crippen molar-refractivity contribution in [3.8, 4) is 0 Å². The van der Waals surface area contributed by atoms with Gasteiger partial charge in [-0.2, -0.15) is 0 Å². The summed E-state index contributed by atoms with van der Waals surface area (Å²) in [6.45, 7) is 0. The molecule has 1 rings (SSSR count). The molecular weight excluding hydrogens is 165 g/mol. The maximum absolute atomic E-state index is 3.62. The first kappa shape index (κ1) is 7.18. The van der Waals surface area contributed by atoms with Gasteiger partial charge in [-0.3, -0.25) is 9.97 Å². The Morgan fingerprint density at radius 1 is 1.14 bits per heavy atom. The van der Waals surface area contributed by atoms with E-state index < -0.39 is 0 Å². The third-order valence-corrected chi connectivity index (χ3v) is 0.431. The molecule has 7 heavy (non-hydrogen) atoms. The molecule has 0 amide bonds. The Morgan fingerprint density at radius 3 is 1.86 bits per heavy atom. The molecule has 0 fully saturated rings. The summed E-state index contributed by atoms with van der Waals surface area (Å²) in [5.74, 6) is 0. The molecule has 0 aliphatic rings. The second-order valence-corrected chi connectivity index (χ2v) is 0.838. The quantitative estimate of drug-likeness (QED) is 0.519. The van der Waals surface area contributed by atoms with E-state index in [-0.39, 0.29) is 32.7 Å². The van der Waals surface area contributed by atoms with E-state index >= 15 is 0 Å². The smallest absolute Gasteiger partial charge is 0.108 e. The summed E-state index contributed by atoms with van der Waals surface area (Å²) in [5.41, 5.74) is 0. The van der Waals surface area contributed by atoms with Crippen LogP contribution in [-0.2, 0) is 32.7 Å². The number of nitrogens with zero attached hydrogens (tertiary/aromatic N) is 2. The van der Waals surface area contributed by atoms with Crippen LogP contribution in [0.15, 0.2) is 18.7 Å². The SMILES string of the molecule is [Y].[c-]1cncnc1. The van der Waals surface area contributed by atoms with Gasteiger partial charge in [0.05, 0.1) is 0 Å². The molecule has 0 saturated carbocycles. The molecule has 0 atom stereocenters. The van der Waals surface area contributed by atoms with Crippen molar-refractivity contribution in [1.29, 1.82) is 0 Å². The van der Waals surface area contributed by atoms with Crippen LogP contribution in [0.4, 0.5) is 0 Å². The molecule has 1 heterocycles. The van der Waals surface area contributed by atoms with Crippen LogP contribution in [0.1, 0.15) is 0 Å². The summed E-state index contributed by atoms with van der Waals surface area (Å²) in [4.78, 5) is 7.24. The topological polar surface area (TPSA) is 25.8 Å². The van der Waals surface area contributed by atoms with E-state index in [1.165, 1.54) is 6.33 Å². The van der Waals surface area contributed by atoms with Gasteiger partial charge in [0.15, 0.2) is 0 Å². The average molecular weight is 168 g/mol. The van der Waals surface area contributed by atoms with Gasteiger partial charge in [0.25, 0.3) is 0 Å². The Balaban J connectivity index is 0.000000360. The zero-order chi connectivity index (χ0) is 4.24. The van der Waals surface area contributed by atoms with E-state index in [9.17, 15) is 0 Å². The van der Waals surface area contributed by atoms with Crippen LogP contribution in [0.25, 0.3) is 0 Å². The maximum Gasteiger partial charge on any atom is 0.108 e. The predicted octanol–water partition coefficient (Wildman–Crippen LogP) is 0.274. The summed E-state index contributed by atoms with van der Waals surface area (Å²) in [6.07, 6.45) is 4.59. The molecule has 1 aromatic heterocycles. The normalized spacial score (nSPS) is 6.86. The van der Waals surface area contributed by atoms with Crippen LogP contribution in [0.3, 0.4) is 0 Å². The number of aromatic nitrogens is 2. The van der Waals surface area contributed by atoms with Crippen LogP contribution in [-0.4, -0.2) is 9.97 Å². The van der Waals surface area contributed by atoms with Gasteiger partial charge in [-0.05, 0) is 0 Å². The fourth-order valence-electron chi connectivity index (χ4n) is 0.225. The second-order valence-electron chi connectivity index (χ2n) is 0.838. The van der Waals surface area contributed by atoms with Crippen LogP contribution in [0, 0.1) is 6.07 Å². The van der Waals surface area contributed by atoms with Gasteiger partial charge in [0.2, 0.25) is 0 Å². The molecule has 2 nitrogen and oxygen atoms in total. The zero-order valence-electron chi connectivity index (χ0n) is 3.70. The van der Waals surface area contributed by atoms with E-state index in [0.717, 1.165) is 0 Å². The van der Waals surface area contributed by atoms with Crippen LogP contribution >= 0.6 is 0 Å². The summed E-state index contributed by atoms with van der Waals surface area (Å²) in [6, 6.07) is 2.67. The first-order valence-corrected chi connectivity index (χ1v) is 1.61. The third-order valence-electron chi connectivity index (χ3n) is 0.431. The molecule has 0 spiro atoms. The summed E-state index contributed by atoms with van der Waals surface area (Å²) < 4.78 is 0. The third kappa shape index (κ3) is 2.83. The van der Waals surface area contributed by atoms with E-state index in [4.69, 9.17) is 0 Å². The monoisotopic (exact) mass is 168 g/mol. The molecule has 3 heteroatoms. The summed E-state index contributed by atoms with van der Waals surface area (Å²) in [5, 5.41) is 0. The molecule has 0 aliphatic carbocycles. The van der Waals surface area contributed by atoms with Crippen molar-refractivity contribution in [3.63, 3.8) is 0 Å². The minimum Gasteiger partial charge on any atom is -0.434 e. The molecule has 0 aliphatic heterocycles. The van der Waals surface area contributed by atoms with Crippen molar-refractivity contribution in [2.45, 2.75) is 0 Å². The Bertz CT molecular complexity index is 81.6. The molecule has 33 valence electrons. The fourth-order valence-corrected chi connectivity index (χ4v) is 0.225. The minimum absolute atomic E-state index is 0. The number of rotatable bonds is 0. The van der Waals surface area contributed by atoms with Crippen molar-refractivity contribution in [1.82, 2.24) is 9.97 Å². The molecule has 1 radical (unpaired) electrons. The van der Waals surface area contributed by atoms with Gasteiger partial charge < -0.3 is 6.07 Å². The standard InChI is InChI=1S/C4H3N2.Y/c1-2-5-4-6-3-1;/h2-4H;/q-1;. The van der Waals surface area contributed by atoms with Gasteiger partial charge in [-0.15, -0.1) is 12.4 Å². The second kappa shape index (κ2) is 4.35. The molecule has 0 bridgehead atoms. The molecule has 0 unspecified atom stereocenters. The van der Waals surface area contributed by atoms with E-state index in [1.54, 1.807) is 12.4 Å². The minimum atomic E-state index is 0. The first-order chi connectivity index (χ1) is 3.00. The summed E-state index contributed by atoms with van der Waals surface area (Å²) >= 11 is 0. The maximum atomic E-state index is 3.62. The van der Waals surface area contributed by atoms with Crippen LogP contribution in [0.2, 0.25) is 0 Å². The van der Waals surface area contributed by atoms with Gasteiger partial charge >= 0.3 is 0 Å². The Morgan fingerprint density at radius 2 is 1.71 bits per heavy atom. The van der Waals surface area contributed by atoms with Crippen molar-refractivity contribution in [2.24, 2.45) is 0 Å². The van der Waals surface area contributed by atoms with E-state index in [0.29, 0.717) is 0 Å². The number of hydrogen-bond acceptors (Lipinski definition) is 2. The number of hydrogen-bond donors (Lipinski definition) is 0. The van der Waals surface area contributed by atoms with E-state index in [1.807, 2.05) is 0 Å². The largest absolute Gasteiger partial charge is 0.434 e. The zero-order valence-corrected chi connectivity index (χ0v) is 6.54. The molecule has 0 saturated heterocycles. The summed E-state index contributed by atoms with van der Waals surface area (Å²) in [7, 11) is 0. The van der Waals surface area contributed by atoms with Crippen LogP contribution in [0.5, 0.6) is 0 Å². The van der Waals surface area contributed by atoms with Crippen molar-refractivity contribution >= 4 is 0 Å².